The summed E-state index contributed by atoms with van der Waals surface area (Å²) < 4.78 is 16.9. The molecule has 0 aliphatic rings. The average molecular weight is 312 g/mol. The molecule has 0 amide bonds. The van der Waals surface area contributed by atoms with Gasteiger partial charge < -0.3 is 5.73 Å². The molecule has 1 heterocycles. The standard InChI is InChI=1S/C12H16N4O2S2/c1-2-3-4-11-14-15-12(19-11)16-18-20(17)10-7-5-9(13)6-8-10/h5-8H,2-4,13H2,1H3,(H,15,16). The lowest BCUT2D eigenvalue weighted by molar-refractivity contribution is 0.435. The minimum absolute atomic E-state index is 0.500. The molecule has 0 bridgehead atoms. The lowest BCUT2D eigenvalue weighted by Gasteiger charge is -2.02. The third-order valence-electron chi connectivity index (χ3n) is 2.49. The number of nitrogen functional groups attached to an aromatic ring is 1. The Labute approximate surface area is 124 Å². The molecule has 1 aromatic carbocycles. The number of nitrogens with two attached hydrogens (primary N) is 1. The zero-order valence-corrected chi connectivity index (χ0v) is 12.7. The number of aryl methyl sites for hydroxylation is 1. The Kier molecular flexibility index (Phi) is 5.45. The van der Waals surface area contributed by atoms with Gasteiger partial charge in [0.2, 0.25) is 16.2 Å². The third kappa shape index (κ3) is 4.26. The van der Waals surface area contributed by atoms with Crippen molar-refractivity contribution in [1.82, 2.24) is 10.2 Å². The van der Waals surface area contributed by atoms with Crippen molar-refractivity contribution >= 4 is 33.2 Å². The fourth-order valence-electron chi connectivity index (χ4n) is 1.42. The molecule has 0 aliphatic carbocycles. The van der Waals surface area contributed by atoms with Crippen LogP contribution < -0.4 is 11.2 Å². The Hall–Kier alpha value is -1.51. The van der Waals surface area contributed by atoms with Crippen molar-refractivity contribution in [3.63, 3.8) is 0 Å². The van der Waals surface area contributed by atoms with Crippen molar-refractivity contribution < 1.29 is 8.49 Å². The Morgan fingerprint density at radius 3 is 2.80 bits per heavy atom. The van der Waals surface area contributed by atoms with E-state index in [2.05, 4.69) is 22.6 Å². The average Bonchev–Trinajstić information content (AvgIpc) is 2.91. The van der Waals surface area contributed by atoms with Crippen LogP contribution >= 0.6 is 11.3 Å². The van der Waals surface area contributed by atoms with Gasteiger partial charge in [-0.05, 0) is 30.7 Å². The lowest BCUT2D eigenvalue weighted by Crippen LogP contribution is -2.05. The van der Waals surface area contributed by atoms with Crippen LogP contribution in [0, 0.1) is 0 Å². The monoisotopic (exact) mass is 312 g/mol. The maximum absolute atomic E-state index is 11.9. The maximum atomic E-state index is 11.9. The first-order valence-electron chi connectivity index (χ1n) is 6.22. The second-order valence-electron chi connectivity index (χ2n) is 4.09. The summed E-state index contributed by atoms with van der Waals surface area (Å²) in [7, 11) is 0. The number of hydrogen-bond acceptors (Lipinski definition) is 7. The molecule has 6 nitrogen and oxygen atoms in total. The largest absolute Gasteiger partial charge is 0.399 e. The Bertz CT molecular complexity index is 571. The van der Waals surface area contributed by atoms with E-state index in [4.69, 9.17) is 10.0 Å². The SMILES string of the molecule is CCCCc1nnc(NOS(=O)c2ccc(N)cc2)s1. The summed E-state index contributed by atoms with van der Waals surface area (Å²) in [6.45, 7) is 2.12. The summed E-state index contributed by atoms with van der Waals surface area (Å²) in [5, 5.41) is 9.39. The zero-order chi connectivity index (χ0) is 14.4. The number of benzene rings is 1. The van der Waals surface area contributed by atoms with Gasteiger partial charge in [0, 0.05) is 12.1 Å². The Morgan fingerprint density at radius 1 is 1.35 bits per heavy atom. The van der Waals surface area contributed by atoms with Gasteiger partial charge in [0.15, 0.2) is 0 Å². The number of hydrogen-bond donors (Lipinski definition) is 2. The molecule has 108 valence electrons. The van der Waals surface area contributed by atoms with Crippen molar-refractivity contribution in [3.05, 3.63) is 29.3 Å². The van der Waals surface area contributed by atoms with Gasteiger partial charge in [0.25, 0.3) is 0 Å². The van der Waals surface area contributed by atoms with Crippen molar-refractivity contribution in [1.29, 1.82) is 0 Å². The van der Waals surface area contributed by atoms with Crippen LogP contribution in [0.1, 0.15) is 24.8 Å². The first-order chi connectivity index (χ1) is 9.69. The van der Waals surface area contributed by atoms with E-state index in [-0.39, 0.29) is 0 Å². The minimum Gasteiger partial charge on any atom is -0.399 e. The second kappa shape index (κ2) is 7.32. The van der Waals surface area contributed by atoms with Gasteiger partial charge in [-0.3, -0.25) is 0 Å². The van der Waals surface area contributed by atoms with Gasteiger partial charge in [0.05, 0.1) is 4.90 Å². The molecule has 1 atom stereocenters. The second-order valence-corrected chi connectivity index (χ2v) is 6.26. The Morgan fingerprint density at radius 2 is 2.10 bits per heavy atom. The van der Waals surface area contributed by atoms with Crippen molar-refractivity contribution in [3.8, 4) is 0 Å². The number of aromatic nitrogens is 2. The van der Waals surface area contributed by atoms with Crippen molar-refractivity contribution in [2.24, 2.45) is 0 Å². The van der Waals surface area contributed by atoms with Crippen LogP contribution in [-0.2, 0) is 21.8 Å². The molecular formula is C12H16N4O2S2. The van der Waals surface area contributed by atoms with Crippen molar-refractivity contribution in [2.45, 2.75) is 31.1 Å². The number of nitrogens with one attached hydrogen (secondary N) is 1. The predicted molar refractivity (Wildman–Crippen MR) is 80.5 cm³/mol. The fourth-order valence-corrected chi connectivity index (χ4v) is 2.80. The zero-order valence-electron chi connectivity index (χ0n) is 11.0. The molecular weight excluding hydrogens is 296 g/mol. The molecule has 1 aromatic heterocycles. The van der Waals surface area contributed by atoms with Crippen LogP contribution in [0.15, 0.2) is 29.2 Å². The highest BCUT2D eigenvalue weighted by Gasteiger charge is 2.08. The van der Waals surface area contributed by atoms with Crippen LogP contribution in [0.4, 0.5) is 10.8 Å². The van der Waals surface area contributed by atoms with Gasteiger partial charge in [-0.1, -0.05) is 24.7 Å². The van der Waals surface area contributed by atoms with E-state index < -0.39 is 11.1 Å². The lowest BCUT2D eigenvalue weighted by atomic mass is 10.3. The van der Waals surface area contributed by atoms with Gasteiger partial charge in [-0.25, -0.2) is 9.69 Å². The number of rotatable bonds is 7. The van der Waals surface area contributed by atoms with Gasteiger partial charge in [-0.2, -0.15) is 4.28 Å². The van der Waals surface area contributed by atoms with Crippen molar-refractivity contribution in [2.75, 3.05) is 11.2 Å². The van der Waals surface area contributed by atoms with E-state index in [0.29, 0.717) is 15.7 Å². The van der Waals surface area contributed by atoms with E-state index in [1.54, 1.807) is 24.3 Å². The summed E-state index contributed by atoms with van der Waals surface area (Å²) in [5.74, 6) is 0. The highest BCUT2D eigenvalue weighted by Crippen LogP contribution is 2.18. The molecule has 0 aliphatic heterocycles. The molecule has 2 aromatic rings. The van der Waals surface area contributed by atoms with E-state index >= 15 is 0 Å². The highest BCUT2D eigenvalue weighted by molar-refractivity contribution is 7.80. The van der Waals surface area contributed by atoms with Gasteiger partial charge in [-0.15, -0.1) is 10.2 Å². The minimum atomic E-state index is -1.62. The molecule has 0 fully saturated rings. The molecule has 0 saturated heterocycles. The van der Waals surface area contributed by atoms with Crippen LogP contribution in [0.3, 0.4) is 0 Å². The summed E-state index contributed by atoms with van der Waals surface area (Å²) in [4.78, 5) is 0.530. The first-order valence-corrected chi connectivity index (χ1v) is 8.11. The van der Waals surface area contributed by atoms with Crippen LogP contribution in [0.2, 0.25) is 0 Å². The van der Waals surface area contributed by atoms with E-state index in [1.165, 1.54) is 11.3 Å². The topological polar surface area (TPSA) is 90.1 Å². The molecule has 3 N–H and O–H groups in total. The van der Waals surface area contributed by atoms with Crippen LogP contribution in [-0.4, -0.2) is 14.4 Å². The molecule has 8 heteroatoms. The number of nitrogens with zero attached hydrogens (tertiary/aromatic N) is 2. The summed E-state index contributed by atoms with van der Waals surface area (Å²) in [6.07, 6.45) is 3.09. The third-order valence-corrected chi connectivity index (χ3v) is 4.26. The molecule has 0 radical (unpaired) electrons. The van der Waals surface area contributed by atoms with E-state index in [9.17, 15) is 4.21 Å². The number of unbranched alkanes of at least 4 members (excludes halogenated alkanes) is 1. The fraction of sp³-hybridized carbons (Fsp3) is 0.333. The van der Waals surface area contributed by atoms with E-state index in [1.807, 2.05) is 0 Å². The normalized spacial score (nSPS) is 12.2. The quantitative estimate of drug-likeness (QED) is 0.603. The molecule has 20 heavy (non-hydrogen) atoms. The number of anilines is 2. The smallest absolute Gasteiger partial charge is 0.230 e. The summed E-state index contributed by atoms with van der Waals surface area (Å²) in [5.41, 5.74) is 8.74. The van der Waals surface area contributed by atoms with Gasteiger partial charge in [0.1, 0.15) is 5.01 Å². The molecule has 1 unspecified atom stereocenters. The molecule has 2 rings (SSSR count). The summed E-state index contributed by atoms with van der Waals surface area (Å²) >= 11 is -0.216. The highest BCUT2D eigenvalue weighted by atomic mass is 32.2. The molecule has 0 saturated carbocycles. The van der Waals surface area contributed by atoms with Crippen LogP contribution in [0.25, 0.3) is 0 Å². The van der Waals surface area contributed by atoms with E-state index in [0.717, 1.165) is 24.3 Å². The van der Waals surface area contributed by atoms with Crippen LogP contribution in [0.5, 0.6) is 0 Å². The summed E-state index contributed by atoms with van der Waals surface area (Å²) in [6, 6.07) is 6.65. The first kappa shape index (κ1) is 14.9. The maximum Gasteiger partial charge on any atom is 0.230 e. The van der Waals surface area contributed by atoms with Gasteiger partial charge >= 0.3 is 0 Å². The Balaban J connectivity index is 1.86. The predicted octanol–water partition coefficient (Wildman–Crippen LogP) is 2.53. The molecule has 0 spiro atoms.